The van der Waals surface area contributed by atoms with Crippen LogP contribution in [0.1, 0.15) is 50.3 Å². The van der Waals surface area contributed by atoms with E-state index in [-0.39, 0.29) is 11.9 Å². The van der Waals surface area contributed by atoms with Gasteiger partial charge in [0.15, 0.2) is 0 Å². The molecule has 1 saturated heterocycles. The molecule has 1 N–H and O–H groups in total. The maximum absolute atomic E-state index is 12.3. The van der Waals surface area contributed by atoms with Crippen molar-refractivity contribution in [3.05, 3.63) is 59.7 Å². The number of thioether (sulfide) groups is 1. The first-order valence-corrected chi connectivity index (χ1v) is 11.3. The third-order valence-electron chi connectivity index (χ3n) is 5.41. The van der Waals surface area contributed by atoms with E-state index in [1.165, 1.54) is 29.0 Å². The van der Waals surface area contributed by atoms with Crippen LogP contribution in [0.15, 0.2) is 53.4 Å². The van der Waals surface area contributed by atoms with Gasteiger partial charge in [0, 0.05) is 35.8 Å². The summed E-state index contributed by atoms with van der Waals surface area (Å²) in [6.45, 7) is 8.76. The zero-order chi connectivity index (χ0) is 19.9. The molecule has 0 aromatic heterocycles. The van der Waals surface area contributed by atoms with Crippen molar-refractivity contribution in [2.45, 2.75) is 51.0 Å². The standard InChI is InChI=1S/C24H32N2OS/c1-18-6-12-23(13-7-18)28-16-14-24(27)25-20(3)21-8-10-22(11-9-21)26-15-4-5-19(2)17-26/h6-13,19-20H,4-5,14-17H2,1-3H3,(H,25,27). The molecule has 2 unspecified atom stereocenters. The van der Waals surface area contributed by atoms with Crippen LogP contribution in [0, 0.1) is 12.8 Å². The normalized spacial score (nSPS) is 18.0. The van der Waals surface area contributed by atoms with Gasteiger partial charge in [0.1, 0.15) is 0 Å². The van der Waals surface area contributed by atoms with Crippen molar-refractivity contribution in [3.63, 3.8) is 0 Å². The van der Waals surface area contributed by atoms with Gasteiger partial charge in [-0.05, 0) is 62.4 Å². The summed E-state index contributed by atoms with van der Waals surface area (Å²) in [5.41, 5.74) is 3.72. The first kappa shape index (κ1) is 20.8. The minimum Gasteiger partial charge on any atom is -0.371 e. The van der Waals surface area contributed by atoms with E-state index in [1.807, 2.05) is 0 Å². The van der Waals surface area contributed by atoms with E-state index in [0.29, 0.717) is 6.42 Å². The van der Waals surface area contributed by atoms with Crippen LogP contribution < -0.4 is 10.2 Å². The molecule has 2 aromatic carbocycles. The Balaban J connectivity index is 1.45. The number of amides is 1. The van der Waals surface area contributed by atoms with E-state index >= 15 is 0 Å². The van der Waals surface area contributed by atoms with Crippen molar-refractivity contribution >= 4 is 23.4 Å². The monoisotopic (exact) mass is 396 g/mol. The van der Waals surface area contributed by atoms with Gasteiger partial charge in [-0.15, -0.1) is 11.8 Å². The smallest absolute Gasteiger partial charge is 0.221 e. The summed E-state index contributed by atoms with van der Waals surface area (Å²) in [7, 11) is 0. The molecule has 1 aliphatic rings. The summed E-state index contributed by atoms with van der Waals surface area (Å²) in [6, 6.07) is 17.2. The molecule has 0 aliphatic carbocycles. The van der Waals surface area contributed by atoms with Crippen molar-refractivity contribution in [3.8, 4) is 0 Å². The molecule has 1 aliphatic heterocycles. The van der Waals surface area contributed by atoms with Gasteiger partial charge in [-0.2, -0.15) is 0 Å². The van der Waals surface area contributed by atoms with Crippen molar-refractivity contribution in [1.82, 2.24) is 5.32 Å². The van der Waals surface area contributed by atoms with Gasteiger partial charge in [0.05, 0.1) is 6.04 Å². The van der Waals surface area contributed by atoms with Crippen LogP contribution in [0.2, 0.25) is 0 Å². The third kappa shape index (κ3) is 6.03. The van der Waals surface area contributed by atoms with Crippen LogP contribution in [0.25, 0.3) is 0 Å². The van der Waals surface area contributed by atoms with Crippen LogP contribution in [0.4, 0.5) is 5.69 Å². The topological polar surface area (TPSA) is 32.3 Å². The van der Waals surface area contributed by atoms with Crippen LogP contribution >= 0.6 is 11.8 Å². The molecule has 1 fully saturated rings. The Labute approximate surface area is 173 Å². The molecule has 2 atom stereocenters. The Morgan fingerprint density at radius 3 is 2.57 bits per heavy atom. The Kier molecular flexibility index (Phi) is 7.43. The molecular weight excluding hydrogens is 364 g/mol. The van der Waals surface area contributed by atoms with E-state index in [9.17, 15) is 4.79 Å². The van der Waals surface area contributed by atoms with E-state index in [0.717, 1.165) is 30.3 Å². The maximum atomic E-state index is 12.3. The molecule has 3 nitrogen and oxygen atoms in total. The van der Waals surface area contributed by atoms with Gasteiger partial charge < -0.3 is 10.2 Å². The van der Waals surface area contributed by atoms with E-state index < -0.39 is 0 Å². The van der Waals surface area contributed by atoms with Crippen LogP contribution in [0.5, 0.6) is 0 Å². The van der Waals surface area contributed by atoms with Crippen LogP contribution in [-0.2, 0) is 4.79 Å². The molecule has 1 heterocycles. The molecular formula is C24H32N2OS. The van der Waals surface area contributed by atoms with Gasteiger partial charge in [-0.1, -0.05) is 36.8 Å². The molecule has 0 spiro atoms. The van der Waals surface area contributed by atoms with Gasteiger partial charge in [0.2, 0.25) is 5.91 Å². The highest BCUT2D eigenvalue weighted by Gasteiger charge is 2.17. The molecule has 0 bridgehead atoms. The minimum atomic E-state index is 0.0335. The predicted molar refractivity (Wildman–Crippen MR) is 120 cm³/mol. The highest BCUT2D eigenvalue weighted by molar-refractivity contribution is 7.99. The molecule has 1 amide bonds. The average Bonchev–Trinajstić information content (AvgIpc) is 2.69. The van der Waals surface area contributed by atoms with Gasteiger partial charge in [0.25, 0.3) is 0 Å². The predicted octanol–water partition coefficient (Wildman–Crippen LogP) is 5.59. The summed E-state index contributed by atoms with van der Waals surface area (Å²) >= 11 is 1.73. The Morgan fingerprint density at radius 1 is 1.18 bits per heavy atom. The van der Waals surface area contributed by atoms with E-state index in [1.54, 1.807) is 11.8 Å². The summed E-state index contributed by atoms with van der Waals surface area (Å²) in [6.07, 6.45) is 3.14. The van der Waals surface area contributed by atoms with Gasteiger partial charge >= 0.3 is 0 Å². The second kappa shape index (κ2) is 10.0. The maximum Gasteiger partial charge on any atom is 0.221 e. The van der Waals surface area contributed by atoms with Gasteiger partial charge in [-0.25, -0.2) is 0 Å². The lowest BCUT2D eigenvalue weighted by Gasteiger charge is -2.33. The number of anilines is 1. The first-order valence-electron chi connectivity index (χ1n) is 10.3. The highest BCUT2D eigenvalue weighted by Crippen LogP contribution is 2.25. The Hall–Kier alpha value is -1.94. The largest absolute Gasteiger partial charge is 0.371 e. The third-order valence-corrected chi connectivity index (χ3v) is 6.43. The van der Waals surface area contributed by atoms with E-state index in [4.69, 9.17) is 0 Å². The zero-order valence-corrected chi connectivity index (χ0v) is 18.1. The molecule has 4 heteroatoms. The lowest BCUT2D eigenvalue weighted by molar-refractivity contribution is -0.121. The lowest BCUT2D eigenvalue weighted by Crippen LogP contribution is -2.34. The number of aryl methyl sites for hydroxylation is 1. The number of hydrogen-bond donors (Lipinski definition) is 1. The number of piperidine rings is 1. The molecule has 150 valence electrons. The summed E-state index contributed by atoms with van der Waals surface area (Å²) < 4.78 is 0. The molecule has 28 heavy (non-hydrogen) atoms. The second-order valence-electron chi connectivity index (χ2n) is 7.99. The van der Waals surface area contributed by atoms with Crippen molar-refractivity contribution in [1.29, 1.82) is 0 Å². The van der Waals surface area contributed by atoms with Crippen molar-refractivity contribution < 1.29 is 4.79 Å². The Morgan fingerprint density at radius 2 is 1.89 bits per heavy atom. The fourth-order valence-corrected chi connectivity index (χ4v) is 4.54. The fourth-order valence-electron chi connectivity index (χ4n) is 3.69. The summed E-state index contributed by atoms with van der Waals surface area (Å²) in [4.78, 5) is 16.0. The number of benzene rings is 2. The zero-order valence-electron chi connectivity index (χ0n) is 17.3. The number of hydrogen-bond acceptors (Lipinski definition) is 3. The molecule has 2 aromatic rings. The number of nitrogens with zero attached hydrogens (tertiary/aromatic N) is 1. The minimum absolute atomic E-state index is 0.0335. The van der Waals surface area contributed by atoms with Crippen molar-refractivity contribution in [2.75, 3.05) is 23.7 Å². The van der Waals surface area contributed by atoms with Gasteiger partial charge in [-0.3, -0.25) is 4.79 Å². The number of carbonyl (C=O) groups excluding carboxylic acids is 1. The second-order valence-corrected chi connectivity index (χ2v) is 9.15. The first-order chi connectivity index (χ1) is 13.5. The summed E-state index contributed by atoms with van der Waals surface area (Å²) in [5, 5.41) is 3.13. The SMILES string of the molecule is Cc1ccc(SCCC(=O)NC(C)c2ccc(N3CCCC(C)C3)cc2)cc1. The average molecular weight is 397 g/mol. The lowest BCUT2D eigenvalue weighted by atomic mass is 9.99. The number of carbonyl (C=O) groups is 1. The molecule has 0 radical (unpaired) electrons. The number of rotatable bonds is 7. The molecule has 3 rings (SSSR count). The fraction of sp³-hybridized carbons (Fsp3) is 0.458. The number of nitrogens with one attached hydrogen (secondary N) is 1. The quantitative estimate of drug-likeness (QED) is 0.619. The van der Waals surface area contributed by atoms with Crippen molar-refractivity contribution in [2.24, 2.45) is 5.92 Å². The molecule has 0 saturated carbocycles. The van der Waals surface area contributed by atoms with Crippen LogP contribution in [-0.4, -0.2) is 24.7 Å². The summed E-state index contributed by atoms with van der Waals surface area (Å²) in [5.74, 6) is 1.68. The van der Waals surface area contributed by atoms with Crippen LogP contribution in [0.3, 0.4) is 0 Å². The Bertz CT molecular complexity index is 757. The van der Waals surface area contributed by atoms with E-state index in [2.05, 4.69) is 79.5 Å². The highest BCUT2D eigenvalue weighted by atomic mass is 32.2.